The fourth-order valence-electron chi connectivity index (χ4n) is 1.64. The molecule has 1 heterocycles. The highest BCUT2D eigenvalue weighted by Crippen LogP contribution is 2.15. The average Bonchev–Trinajstić information content (AvgIpc) is 2.83. The van der Waals surface area contributed by atoms with Crippen LogP contribution < -0.4 is 10.0 Å². The zero-order chi connectivity index (χ0) is 14.5. The molecule has 0 atom stereocenters. The lowest BCUT2D eigenvalue weighted by molar-refractivity contribution is 0.390. The molecular formula is C13H24N2O3S. The fraction of sp³-hybridized carbons (Fsp3) is 0.692. The third-order valence-corrected chi connectivity index (χ3v) is 4.29. The molecule has 19 heavy (non-hydrogen) atoms. The smallest absolute Gasteiger partial charge is 0.274 e. The van der Waals surface area contributed by atoms with Gasteiger partial charge in [0.15, 0.2) is 0 Å². The molecule has 0 radical (unpaired) electrons. The van der Waals surface area contributed by atoms with Crippen molar-refractivity contribution in [3.8, 4) is 0 Å². The molecule has 0 spiro atoms. The van der Waals surface area contributed by atoms with E-state index in [1.165, 1.54) is 6.07 Å². The molecule has 0 aromatic carbocycles. The summed E-state index contributed by atoms with van der Waals surface area (Å²) in [6, 6.07) is 3.47. The van der Waals surface area contributed by atoms with Crippen LogP contribution in [0.3, 0.4) is 0 Å². The maximum Gasteiger partial charge on any atom is 0.274 e. The molecule has 1 aromatic rings. The topological polar surface area (TPSA) is 71.3 Å². The lowest BCUT2D eigenvalue weighted by Crippen LogP contribution is -2.33. The van der Waals surface area contributed by atoms with E-state index in [2.05, 4.69) is 10.0 Å². The monoisotopic (exact) mass is 288 g/mol. The Morgan fingerprint density at radius 1 is 1.21 bits per heavy atom. The minimum Gasteiger partial charge on any atom is -0.447 e. The molecule has 1 rings (SSSR count). The number of furan rings is 1. The van der Waals surface area contributed by atoms with Crippen LogP contribution >= 0.6 is 0 Å². The quantitative estimate of drug-likeness (QED) is 0.769. The number of hydrogen-bond donors (Lipinski definition) is 2. The summed E-state index contributed by atoms with van der Waals surface area (Å²) >= 11 is 0. The van der Waals surface area contributed by atoms with Gasteiger partial charge in [-0.2, -0.15) is 0 Å². The van der Waals surface area contributed by atoms with Crippen LogP contribution in [-0.4, -0.2) is 20.5 Å². The van der Waals surface area contributed by atoms with Crippen LogP contribution in [0.4, 0.5) is 0 Å². The Hall–Kier alpha value is -0.850. The second-order valence-corrected chi connectivity index (χ2v) is 6.54. The van der Waals surface area contributed by atoms with Crippen molar-refractivity contribution in [2.45, 2.75) is 64.3 Å². The van der Waals surface area contributed by atoms with E-state index in [9.17, 15) is 8.42 Å². The normalized spacial score (nSPS) is 12.5. The fourth-order valence-corrected chi connectivity index (χ4v) is 2.99. The first-order valence-electron chi connectivity index (χ1n) is 6.73. The third kappa shape index (κ3) is 4.97. The lowest BCUT2D eigenvalue weighted by Gasteiger charge is -2.13. The highest BCUT2D eigenvalue weighted by molar-refractivity contribution is 7.89. The summed E-state index contributed by atoms with van der Waals surface area (Å²) in [6.07, 6.45) is 1.52. The van der Waals surface area contributed by atoms with Crippen molar-refractivity contribution < 1.29 is 12.8 Å². The Morgan fingerprint density at radius 3 is 2.37 bits per heavy atom. The van der Waals surface area contributed by atoms with Gasteiger partial charge >= 0.3 is 0 Å². The SMILES string of the molecule is CCC(CC)NS(=O)(=O)c1ccc(CNC(C)C)o1. The molecule has 5 nitrogen and oxygen atoms in total. The standard InChI is InChI=1S/C13H24N2O3S/c1-5-11(6-2)15-19(16,17)13-8-7-12(18-13)9-14-10(3)4/h7-8,10-11,14-15H,5-6,9H2,1-4H3. The Labute approximate surface area is 115 Å². The van der Waals surface area contributed by atoms with Gasteiger partial charge in [-0.15, -0.1) is 0 Å². The summed E-state index contributed by atoms with van der Waals surface area (Å²) < 4.78 is 32.2. The van der Waals surface area contributed by atoms with Crippen molar-refractivity contribution in [1.29, 1.82) is 0 Å². The minimum atomic E-state index is -3.55. The van der Waals surface area contributed by atoms with Gasteiger partial charge in [-0.05, 0) is 25.0 Å². The highest BCUT2D eigenvalue weighted by atomic mass is 32.2. The largest absolute Gasteiger partial charge is 0.447 e. The van der Waals surface area contributed by atoms with Crippen LogP contribution in [0.15, 0.2) is 21.6 Å². The van der Waals surface area contributed by atoms with Crippen LogP contribution in [0, 0.1) is 0 Å². The van der Waals surface area contributed by atoms with Crippen LogP contribution in [0.2, 0.25) is 0 Å². The van der Waals surface area contributed by atoms with Crippen LogP contribution in [-0.2, 0) is 16.6 Å². The molecule has 1 aromatic heterocycles. The minimum absolute atomic E-state index is 0.0139. The molecule has 0 aliphatic heterocycles. The molecule has 0 aliphatic rings. The summed E-state index contributed by atoms with van der Waals surface area (Å²) in [6.45, 7) is 8.48. The molecule has 6 heteroatoms. The lowest BCUT2D eigenvalue weighted by atomic mass is 10.2. The molecule has 110 valence electrons. The number of rotatable bonds is 8. The second-order valence-electron chi connectivity index (χ2n) is 4.89. The van der Waals surface area contributed by atoms with Crippen LogP contribution in [0.25, 0.3) is 0 Å². The van der Waals surface area contributed by atoms with Crippen molar-refractivity contribution in [3.63, 3.8) is 0 Å². The van der Waals surface area contributed by atoms with Gasteiger partial charge in [-0.1, -0.05) is 27.7 Å². The number of nitrogens with one attached hydrogen (secondary N) is 2. The predicted octanol–water partition coefficient (Wildman–Crippen LogP) is 2.24. The maximum atomic E-state index is 12.1. The van der Waals surface area contributed by atoms with Crippen molar-refractivity contribution in [2.24, 2.45) is 0 Å². The molecule has 0 unspecified atom stereocenters. The summed E-state index contributed by atoms with van der Waals surface area (Å²) in [5, 5.41) is 3.17. The van der Waals surface area contributed by atoms with Gasteiger partial charge in [0.25, 0.3) is 10.0 Å². The van der Waals surface area contributed by atoms with Gasteiger partial charge < -0.3 is 9.73 Å². The summed E-state index contributed by atoms with van der Waals surface area (Å²) in [4.78, 5) is 0. The van der Waals surface area contributed by atoms with E-state index in [1.54, 1.807) is 6.07 Å². The van der Waals surface area contributed by atoms with E-state index in [1.807, 2.05) is 27.7 Å². The summed E-state index contributed by atoms with van der Waals surface area (Å²) in [5.41, 5.74) is 0. The van der Waals surface area contributed by atoms with Gasteiger partial charge in [0.1, 0.15) is 5.76 Å². The Morgan fingerprint density at radius 2 is 1.84 bits per heavy atom. The molecule has 0 amide bonds. The molecule has 2 N–H and O–H groups in total. The maximum absolute atomic E-state index is 12.1. The highest BCUT2D eigenvalue weighted by Gasteiger charge is 2.21. The molecular weight excluding hydrogens is 264 g/mol. The van der Waals surface area contributed by atoms with E-state index in [0.29, 0.717) is 18.3 Å². The van der Waals surface area contributed by atoms with Gasteiger partial charge in [0, 0.05) is 12.1 Å². The van der Waals surface area contributed by atoms with Gasteiger partial charge in [-0.3, -0.25) is 0 Å². The van der Waals surface area contributed by atoms with E-state index >= 15 is 0 Å². The Balaban J connectivity index is 2.74. The van der Waals surface area contributed by atoms with Crippen LogP contribution in [0.1, 0.15) is 46.3 Å². The van der Waals surface area contributed by atoms with E-state index in [-0.39, 0.29) is 11.1 Å². The first-order valence-corrected chi connectivity index (χ1v) is 8.21. The average molecular weight is 288 g/mol. The summed E-state index contributed by atoms with van der Waals surface area (Å²) in [7, 11) is -3.55. The van der Waals surface area contributed by atoms with Crippen molar-refractivity contribution >= 4 is 10.0 Å². The van der Waals surface area contributed by atoms with Crippen molar-refractivity contribution in [1.82, 2.24) is 10.0 Å². The second kappa shape index (κ2) is 7.07. The number of hydrogen-bond acceptors (Lipinski definition) is 4. The molecule has 0 aliphatic carbocycles. The van der Waals surface area contributed by atoms with E-state index < -0.39 is 10.0 Å². The molecule has 0 saturated carbocycles. The Bertz CT molecular complexity index is 476. The zero-order valence-corrected chi connectivity index (χ0v) is 12.9. The summed E-state index contributed by atoms with van der Waals surface area (Å²) in [5.74, 6) is 0.624. The molecule has 0 bridgehead atoms. The number of sulfonamides is 1. The van der Waals surface area contributed by atoms with E-state index in [0.717, 1.165) is 12.8 Å². The first-order chi connectivity index (χ1) is 8.89. The van der Waals surface area contributed by atoms with Gasteiger partial charge in [-0.25, -0.2) is 13.1 Å². The van der Waals surface area contributed by atoms with Crippen molar-refractivity contribution in [3.05, 3.63) is 17.9 Å². The molecule has 0 fully saturated rings. The zero-order valence-electron chi connectivity index (χ0n) is 12.1. The predicted molar refractivity (Wildman–Crippen MR) is 75.4 cm³/mol. The first kappa shape index (κ1) is 16.2. The van der Waals surface area contributed by atoms with E-state index in [4.69, 9.17) is 4.42 Å². The van der Waals surface area contributed by atoms with Gasteiger partial charge in [0.05, 0.1) is 6.54 Å². The molecule has 0 saturated heterocycles. The van der Waals surface area contributed by atoms with Gasteiger partial charge in [0.2, 0.25) is 5.09 Å². The Kier molecular flexibility index (Phi) is 6.03. The van der Waals surface area contributed by atoms with Crippen molar-refractivity contribution in [2.75, 3.05) is 0 Å². The third-order valence-electron chi connectivity index (χ3n) is 2.89. The van der Waals surface area contributed by atoms with Crippen LogP contribution in [0.5, 0.6) is 0 Å².